The van der Waals surface area contributed by atoms with Crippen molar-refractivity contribution in [1.29, 1.82) is 0 Å². The van der Waals surface area contributed by atoms with E-state index in [-0.39, 0.29) is 11.9 Å². The van der Waals surface area contributed by atoms with Gasteiger partial charge in [0.05, 0.1) is 6.10 Å². The molecule has 0 aromatic heterocycles. The summed E-state index contributed by atoms with van der Waals surface area (Å²) in [5, 5.41) is 21.4. The van der Waals surface area contributed by atoms with Gasteiger partial charge in [-0.1, -0.05) is 5.16 Å². The Morgan fingerprint density at radius 3 is 2.89 bits per heavy atom. The third-order valence-corrected chi connectivity index (χ3v) is 3.36. The Balaban J connectivity index is 2.23. The quantitative estimate of drug-likeness (QED) is 0.317. The molecule has 0 amide bonds. The molecule has 0 bridgehead atoms. The van der Waals surface area contributed by atoms with E-state index >= 15 is 0 Å². The molecule has 1 aromatic carbocycles. The van der Waals surface area contributed by atoms with Gasteiger partial charge in [0.2, 0.25) is 0 Å². The molecule has 0 spiro atoms. The van der Waals surface area contributed by atoms with Gasteiger partial charge < -0.3 is 20.9 Å². The number of hydrogen-bond donors (Lipinski definition) is 3. The van der Waals surface area contributed by atoms with E-state index < -0.39 is 0 Å². The van der Waals surface area contributed by atoms with Crippen molar-refractivity contribution in [2.24, 2.45) is 10.9 Å². The van der Waals surface area contributed by atoms with E-state index in [9.17, 15) is 5.11 Å². The Labute approximate surface area is 107 Å². The Kier molecular flexibility index (Phi) is 3.72. The number of hydrogen-bond acceptors (Lipinski definition) is 4. The van der Waals surface area contributed by atoms with Gasteiger partial charge in [-0.25, -0.2) is 0 Å². The van der Waals surface area contributed by atoms with Crippen LogP contribution in [-0.2, 0) is 0 Å². The number of aliphatic hydroxyl groups is 1. The minimum Gasteiger partial charge on any atom is -0.409 e. The lowest BCUT2D eigenvalue weighted by Gasteiger charge is -2.32. The van der Waals surface area contributed by atoms with E-state index in [4.69, 9.17) is 10.9 Å². The lowest BCUT2D eigenvalue weighted by Crippen LogP contribution is -2.38. The normalized spacial score (nSPS) is 21.1. The van der Waals surface area contributed by atoms with Crippen molar-refractivity contribution in [3.05, 3.63) is 29.3 Å². The first kappa shape index (κ1) is 12.7. The first-order valence-electron chi connectivity index (χ1n) is 6.13. The van der Waals surface area contributed by atoms with Gasteiger partial charge >= 0.3 is 0 Å². The summed E-state index contributed by atoms with van der Waals surface area (Å²) >= 11 is 0. The van der Waals surface area contributed by atoms with E-state index in [1.54, 1.807) is 0 Å². The van der Waals surface area contributed by atoms with Crippen LogP contribution in [0.25, 0.3) is 0 Å². The van der Waals surface area contributed by atoms with Gasteiger partial charge in [-0.3, -0.25) is 0 Å². The maximum atomic E-state index is 9.68. The van der Waals surface area contributed by atoms with Crippen molar-refractivity contribution in [3.8, 4) is 0 Å². The zero-order valence-corrected chi connectivity index (χ0v) is 10.5. The second kappa shape index (κ2) is 5.27. The van der Waals surface area contributed by atoms with Gasteiger partial charge in [0, 0.05) is 24.3 Å². The summed E-state index contributed by atoms with van der Waals surface area (Å²) in [4.78, 5) is 2.16. The van der Waals surface area contributed by atoms with E-state index in [1.165, 1.54) is 0 Å². The molecule has 5 nitrogen and oxygen atoms in total. The van der Waals surface area contributed by atoms with Crippen LogP contribution in [0.5, 0.6) is 0 Å². The van der Waals surface area contributed by atoms with Crippen LogP contribution >= 0.6 is 0 Å². The zero-order valence-electron chi connectivity index (χ0n) is 10.5. The fourth-order valence-electron chi connectivity index (χ4n) is 2.38. The van der Waals surface area contributed by atoms with Crippen molar-refractivity contribution in [1.82, 2.24) is 0 Å². The predicted molar refractivity (Wildman–Crippen MR) is 71.1 cm³/mol. The van der Waals surface area contributed by atoms with Crippen molar-refractivity contribution >= 4 is 11.5 Å². The van der Waals surface area contributed by atoms with Crippen LogP contribution in [0.4, 0.5) is 5.69 Å². The highest BCUT2D eigenvalue weighted by Gasteiger charge is 2.18. The van der Waals surface area contributed by atoms with Crippen molar-refractivity contribution < 1.29 is 10.3 Å². The van der Waals surface area contributed by atoms with E-state index in [2.05, 4.69) is 10.1 Å². The molecule has 1 atom stereocenters. The fourth-order valence-corrected chi connectivity index (χ4v) is 2.38. The number of aryl methyl sites for hydroxylation is 1. The van der Waals surface area contributed by atoms with Gasteiger partial charge in [0.25, 0.3) is 0 Å². The summed E-state index contributed by atoms with van der Waals surface area (Å²) in [6.45, 7) is 3.55. The molecule has 4 N–H and O–H groups in total. The van der Waals surface area contributed by atoms with Crippen LogP contribution in [0.2, 0.25) is 0 Å². The topological polar surface area (TPSA) is 82.1 Å². The third kappa shape index (κ3) is 2.56. The van der Waals surface area contributed by atoms with Crippen LogP contribution in [-0.4, -0.2) is 35.3 Å². The molecule has 1 aromatic rings. The first-order valence-corrected chi connectivity index (χ1v) is 6.13. The number of piperidine rings is 1. The number of oxime groups is 1. The summed E-state index contributed by atoms with van der Waals surface area (Å²) in [6.07, 6.45) is 1.63. The lowest BCUT2D eigenvalue weighted by molar-refractivity contribution is 0.154. The molecule has 98 valence electrons. The monoisotopic (exact) mass is 249 g/mol. The second-order valence-electron chi connectivity index (χ2n) is 4.73. The van der Waals surface area contributed by atoms with Gasteiger partial charge in [0.1, 0.15) is 0 Å². The van der Waals surface area contributed by atoms with Gasteiger partial charge in [-0.05, 0) is 43.5 Å². The zero-order chi connectivity index (χ0) is 13.1. The molecule has 1 saturated heterocycles. The largest absolute Gasteiger partial charge is 0.409 e. The third-order valence-electron chi connectivity index (χ3n) is 3.36. The molecule has 1 fully saturated rings. The Bertz CT molecular complexity index is 460. The Morgan fingerprint density at radius 2 is 2.28 bits per heavy atom. The number of β-amino-alcohol motifs (C(OH)–C–C–N with tert-alkyl or cyclic N) is 1. The average Bonchev–Trinajstić information content (AvgIpc) is 2.37. The summed E-state index contributed by atoms with van der Waals surface area (Å²) in [5.41, 5.74) is 8.36. The fraction of sp³-hybridized carbons (Fsp3) is 0.462. The van der Waals surface area contributed by atoms with Crippen molar-refractivity contribution in [2.75, 3.05) is 18.0 Å². The smallest absolute Gasteiger partial charge is 0.170 e. The second-order valence-corrected chi connectivity index (χ2v) is 4.73. The molecular weight excluding hydrogens is 230 g/mol. The van der Waals surface area contributed by atoms with Gasteiger partial charge in [0.15, 0.2) is 5.84 Å². The molecular formula is C13H19N3O2. The summed E-state index contributed by atoms with van der Waals surface area (Å²) < 4.78 is 0. The summed E-state index contributed by atoms with van der Waals surface area (Å²) in [7, 11) is 0. The number of rotatable bonds is 2. The number of amidine groups is 1. The SMILES string of the molecule is Cc1cc(N2CCCC(O)C2)ccc1/C(N)=N/O. The molecule has 1 aliphatic rings. The molecule has 0 radical (unpaired) electrons. The standard InChI is InChI=1S/C13H19N3O2/c1-9-7-10(4-5-12(9)13(14)15-18)16-6-2-3-11(17)8-16/h4-5,7,11,17-18H,2-3,6,8H2,1H3,(H2,14,15). The van der Waals surface area contributed by atoms with E-state index in [1.807, 2.05) is 25.1 Å². The highest BCUT2D eigenvalue weighted by Crippen LogP contribution is 2.22. The summed E-state index contributed by atoms with van der Waals surface area (Å²) in [5.74, 6) is 0.123. The molecule has 1 aliphatic heterocycles. The number of benzene rings is 1. The van der Waals surface area contributed by atoms with Crippen LogP contribution in [0.3, 0.4) is 0 Å². The lowest BCUT2D eigenvalue weighted by atomic mass is 10.0. The van der Waals surface area contributed by atoms with Crippen LogP contribution in [0.1, 0.15) is 24.0 Å². The van der Waals surface area contributed by atoms with Crippen LogP contribution < -0.4 is 10.6 Å². The van der Waals surface area contributed by atoms with Crippen molar-refractivity contribution in [3.63, 3.8) is 0 Å². The average molecular weight is 249 g/mol. The first-order chi connectivity index (χ1) is 8.61. The minimum absolute atomic E-state index is 0.123. The molecule has 2 rings (SSSR count). The minimum atomic E-state index is -0.247. The van der Waals surface area contributed by atoms with Gasteiger partial charge in [-0.2, -0.15) is 0 Å². The maximum Gasteiger partial charge on any atom is 0.170 e. The maximum absolute atomic E-state index is 9.68. The number of aliphatic hydroxyl groups excluding tert-OH is 1. The van der Waals surface area contributed by atoms with Crippen LogP contribution in [0.15, 0.2) is 23.4 Å². The Hall–Kier alpha value is -1.75. The Morgan fingerprint density at radius 1 is 1.50 bits per heavy atom. The summed E-state index contributed by atoms with van der Waals surface area (Å²) in [6, 6.07) is 5.80. The van der Waals surface area contributed by atoms with E-state index in [0.717, 1.165) is 36.2 Å². The molecule has 0 saturated carbocycles. The van der Waals surface area contributed by atoms with Crippen molar-refractivity contribution in [2.45, 2.75) is 25.9 Å². The highest BCUT2D eigenvalue weighted by atomic mass is 16.4. The molecule has 18 heavy (non-hydrogen) atoms. The molecule has 1 heterocycles. The molecule has 5 heteroatoms. The van der Waals surface area contributed by atoms with E-state index in [0.29, 0.717) is 6.54 Å². The number of nitrogens with two attached hydrogens (primary N) is 1. The molecule has 0 aliphatic carbocycles. The van der Waals surface area contributed by atoms with Crippen LogP contribution in [0, 0.1) is 6.92 Å². The number of nitrogens with zero attached hydrogens (tertiary/aromatic N) is 2. The van der Waals surface area contributed by atoms with Gasteiger partial charge in [-0.15, -0.1) is 0 Å². The molecule has 1 unspecified atom stereocenters. The highest BCUT2D eigenvalue weighted by molar-refractivity contribution is 5.98. The number of anilines is 1. The predicted octanol–water partition coefficient (Wildman–Crippen LogP) is 1.05.